The van der Waals surface area contributed by atoms with E-state index in [0.717, 1.165) is 36.4 Å². The average Bonchev–Trinajstić information content (AvgIpc) is 2.58. The molecule has 0 atom stereocenters. The van der Waals surface area contributed by atoms with Gasteiger partial charge in [-0.15, -0.1) is 0 Å². The lowest BCUT2D eigenvalue weighted by molar-refractivity contribution is 0.123. The summed E-state index contributed by atoms with van der Waals surface area (Å²) in [5.74, 6) is 2.10. The first kappa shape index (κ1) is 22.9. The molecule has 0 N–H and O–H groups in total. The Labute approximate surface area is 145 Å². The van der Waals surface area contributed by atoms with Crippen molar-refractivity contribution >= 4 is 39.2 Å². The van der Waals surface area contributed by atoms with Crippen molar-refractivity contribution in [2.24, 2.45) is 0 Å². The molecule has 0 saturated heterocycles. The van der Waals surface area contributed by atoms with Crippen LogP contribution in [0.4, 0.5) is 0 Å². The van der Waals surface area contributed by atoms with Crippen LogP contribution in [0.1, 0.15) is 12.8 Å². The van der Waals surface area contributed by atoms with E-state index in [1.165, 1.54) is 0 Å². The summed E-state index contributed by atoms with van der Waals surface area (Å²) in [7, 11) is 8.84. The number of hydrogen-bond donors (Lipinski definition) is 0. The molecule has 0 heterocycles. The maximum Gasteiger partial charge on any atom is 0.500 e. The monoisotopic (exact) mass is 390 g/mol. The van der Waals surface area contributed by atoms with Gasteiger partial charge in [0.25, 0.3) is 0 Å². The van der Waals surface area contributed by atoms with E-state index in [2.05, 4.69) is 0 Å². The molecule has 0 rings (SSSR count). The molecular formula is C12H30O6S2Si2. The van der Waals surface area contributed by atoms with Crippen molar-refractivity contribution in [2.75, 3.05) is 54.2 Å². The van der Waals surface area contributed by atoms with E-state index >= 15 is 0 Å². The molecule has 6 nitrogen and oxygen atoms in total. The molecular weight excluding hydrogens is 360 g/mol. The van der Waals surface area contributed by atoms with E-state index in [4.69, 9.17) is 26.6 Å². The second-order valence-corrected chi connectivity index (χ2v) is 13.3. The normalized spacial score (nSPS) is 12.8. The second kappa shape index (κ2) is 13.2. The highest BCUT2D eigenvalue weighted by Gasteiger charge is 2.37. The van der Waals surface area contributed by atoms with E-state index in [1.54, 1.807) is 42.7 Å². The first-order chi connectivity index (χ1) is 10.6. The van der Waals surface area contributed by atoms with Gasteiger partial charge in [0.1, 0.15) is 0 Å². The van der Waals surface area contributed by atoms with Gasteiger partial charge in [0.15, 0.2) is 0 Å². The predicted molar refractivity (Wildman–Crippen MR) is 97.3 cm³/mol. The smallest absolute Gasteiger partial charge is 0.377 e. The molecule has 10 heteroatoms. The third-order valence-electron chi connectivity index (χ3n) is 3.37. The van der Waals surface area contributed by atoms with E-state index < -0.39 is 17.6 Å². The molecule has 0 saturated carbocycles. The van der Waals surface area contributed by atoms with Crippen molar-refractivity contribution in [3.05, 3.63) is 0 Å². The fourth-order valence-corrected chi connectivity index (χ4v) is 8.06. The van der Waals surface area contributed by atoms with E-state index in [1.807, 2.05) is 21.6 Å². The summed E-state index contributed by atoms with van der Waals surface area (Å²) in [6, 6.07) is 1.69. The SMILES string of the molecule is CO[Si](CCCSSCCC[Si](OC)(OC)OC)(OC)OC. The number of rotatable bonds is 15. The molecule has 0 unspecified atom stereocenters. The Kier molecular flexibility index (Phi) is 13.8. The summed E-state index contributed by atoms with van der Waals surface area (Å²) in [6.45, 7) is 0. The van der Waals surface area contributed by atoms with Gasteiger partial charge >= 0.3 is 17.6 Å². The Morgan fingerprint density at radius 2 is 0.818 bits per heavy atom. The highest BCUT2D eigenvalue weighted by molar-refractivity contribution is 8.76. The van der Waals surface area contributed by atoms with Crippen LogP contribution in [0.2, 0.25) is 12.1 Å². The Morgan fingerprint density at radius 3 is 1.05 bits per heavy atom. The highest BCUT2D eigenvalue weighted by atomic mass is 33.1. The predicted octanol–water partition coefficient (Wildman–Crippen LogP) is 2.90. The zero-order chi connectivity index (χ0) is 16.9. The fourth-order valence-electron chi connectivity index (χ4n) is 1.93. The Bertz CT molecular complexity index is 225. The van der Waals surface area contributed by atoms with Gasteiger partial charge < -0.3 is 26.6 Å². The quantitative estimate of drug-likeness (QED) is 0.240. The van der Waals surface area contributed by atoms with Crippen molar-refractivity contribution < 1.29 is 26.6 Å². The first-order valence-corrected chi connectivity index (χ1v) is 13.5. The molecule has 0 aromatic rings. The van der Waals surface area contributed by atoms with Crippen LogP contribution in [0.3, 0.4) is 0 Å². The lowest BCUT2D eigenvalue weighted by Crippen LogP contribution is -2.42. The third-order valence-corrected chi connectivity index (χ3v) is 11.6. The van der Waals surface area contributed by atoms with E-state index in [0.29, 0.717) is 0 Å². The second-order valence-electron chi connectivity index (χ2n) is 4.44. The van der Waals surface area contributed by atoms with Gasteiger partial charge in [0, 0.05) is 66.3 Å². The largest absolute Gasteiger partial charge is 0.500 e. The zero-order valence-electron chi connectivity index (χ0n) is 14.5. The van der Waals surface area contributed by atoms with Gasteiger partial charge in [0.2, 0.25) is 0 Å². The highest BCUT2D eigenvalue weighted by Crippen LogP contribution is 2.27. The van der Waals surface area contributed by atoms with Crippen molar-refractivity contribution in [1.29, 1.82) is 0 Å². The van der Waals surface area contributed by atoms with Gasteiger partial charge in [-0.1, -0.05) is 21.6 Å². The average molecular weight is 391 g/mol. The van der Waals surface area contributed by atoms with Crippen molar-refractivity contribution in [3.63, 3.8) is 0 Å². The van der Waals surface area contributed by atoms with Gasteiger partial charge in [-0.3, -0.25) is 0 Å². The zero-order valence-corrected chi connectivity index (χ0v) is 18.1. The van der Waals surface area contributed by atoms with Crippen molar-refractivity contribution in [3.8, 4) is 0 Å². The van der Waals surface area contributed by atoms with Crippen LogP contribution in [0, 0.1) is 0 Å². The standard InChI is InChI=1S/C12H30O6S2Si2/c1-13-21(14-2,15-3)11-7-9-19-20-10-8-12-22(16-4,17-5)18-6/h7-12H2,1-6H3. The molecule has 0 aliphatic heterocycles. The molecule has 0 aromatic heterocycles. The molecule has 134 valence electrons. The maximum atomic E-state index is 5.40. The lowest BCUT2D eigenvalue weighted by Gasteiger charge is -2.24. The van der Waals surface area contributed by atoms with Crippen LogP contribution in [-0.2, 0) is 26.6 Å². The minimum absolute atomic E-state index is 0.844. The molecule has 0 aliphatic rings. The summed E-state index contributed by atoms with van der Waals surface area (Å²) >= 11 is 0. The molecule has 0 amide bonds. The minimum Gasteiger partial charge on any atom is -0.377 e. The Balaban J connectivity index is 3.70. The van der Waals surface area contributed by atoms with Crippen LogP contribution in [0.5, 0.6) is 0 Å². The van der Waals surface area contributed by atoms with Gasteiger partial charge in [-0.05, 0) is 12.8 Å². The summed E-state index contributed by atoms with van der Waals surface area (Å²) in [5, 5.41) is 0. The molecule has 0 aromatic carbocycles. The number of hydrogen-bond acceptors (Lipinski definition) is 8. The molecule has 0 spiro atoms. The van der Waals surface area contributed by atoms with Crippen LogP contribution in [0.15, 0.2) is 0 Å². The Morgan fingerprint density at radius 1 is 0.545 bits per heavy atom. The third kappa shape index (κ3) is 8.13. The molecule has 0 fully saturated rings. The Hall–Kier alpha value is 0.894. The van der Waals surface area contributed by atoms with Crippen molar-refractivity contribution in [1.82, 2.24) is 0 Å². The van der Waals surface area contributed by atoms with Gasteiger partial charge in [-0.2, -0.15) is 0 Å². The molecule has 0 aliphatic carbocycles. The summed E-state index contributed by atoms with van der Waals surface area (Å²) in [5.41, 5.74) is 0. The van der Waals surface area contributed by atoms with Crippen LogP contribution in [0.25, 0.3) is 0 Å². The van der Waals surface area contributed by atoms with Gasteiger partial charge in [0.05, 0.1) is 0 Å². The maximum absolute atomic E-state index is 5.40. The van der Waals surface area contributed by atoms with Crippen LogP contribution >= 0.6 is 21.6 Å². The lowest BCUT2D eigenvalue weighted by atomic mass is 10.6. The van der Waals surface area contributed by atoms with Crippen LogP contribution in [-0.4, -0.2) is 71.8 Å². The van der Waals surface area contributed by atoms with E-state index in [-0.39, 0.29) is 0 Å². The van der Waals surface area contributed by atoms with E-state index in [9.17, 15) is 0 Å². The summed E-state index contributed by atoms with van der Waals surface area (Å²) < 4.78 is 32.4. The summed E-state index contributed by atoms with van der Waals surface area (Å²) in [6.07, 6.45) is 2.04. The van der Waals surface area contributed by atoms with Crippen LogP contribution < -0.4 is 0 Å². The van der Waals surface area contributed by atoms with Crippen molar-refractivity contribution in [2.45, 2.75) is 24.9 Å². The molecule has 0 radical (unpaired) electrons. The van der Waals surface area contributed by atoms with Gasteiger partial charge in [-0.25, -0.2) is 0 Å². The molecule has 0 bridgehead atoms. The topological polar surface area (TPSA) is 55.4 Å². The minimum atomic E-state index is -2.40. The molecule has 22 heavy (non-hydrogen) atoms. The fraction of sp³-hybridized carbons (Fsp3) is 1.00. The summed E-state index contributed by atoms with van der Waals surface area (Å²) in [4.78, 5) is 0. The first-order valence-electron chi connectivity index (χ1n) is 7.13.